The predicted octanol–water partition coefficient (Wildman–Crippen LogP) is 1.38. The van der Waals surface area contributed by atoms with E-state index in [9.17, 15) is 0 Å². The Bertz CT molecular complexity index is 451. The van der Waals surface area contributed by atoms with Crippen LogP contribution < -0.4 is 15.4 Å². The number of aromatic nitrogens is 2. The SMILES string of the molecule is CCC1CN(c2ncnc(OC(C)C)c2N)CCN1C. The third kappa shape index (κ3) is 3.12. The zero-order chi connectivity index (χ0) is 14.7. The lowest BCUT2D eigenvalue weighted by atomic mass is 10.1. The van der Waals surface area contributed by atoms with Crippen molar-refractivity contribution in [3.05, 3.63) is 6.33 Å². The second-order valence-electron chi connectivity index (χ2n) is 5.57. The van der Waals surface area contributed by atoms with Crippen molar-refractivity contribution in [3.8, 4) is 5.88 Å². The van der Waals surface area contributed by atoms with Gasteiger partial charge in [-0.1, -0.05) is 6.92 Å². The van der Waals surface area contributed by atoms with E-state index in [1.165, 1.54) is 6.33 Å². The van der Waals surface area contributed by atoms with Crippen LogP contribution in [0.5, 0.6) is 5.88 Å². The van der Waals surface area contributed by atoms with Gasteiger partial charge in [0.1, 0.15) is 12.0 Å². The van der Waals surface area contributed by atoms with E-state index in [2.05, 4.69) is 33.7 Å². The lowest BCUT2D eigenvalue weighted by molar-refractivity contribution is 0.212. The molecule has 6 nitrogen and oxygen atoms in total. The molecule has 0 spiro atoms. The zero-order valence-electron chi connectivity index (χ0n) is 12.8. The Hall–Kier alpha value is -1.56. The number of piperazine rings is 1. The third-order valence-electron chi connectivity index (χ3n) is 3.72. The Balaban J connectivity index is 2.20. The van der Waals surface area contributed by atoms with Gasteiger partial charge in [0.25, 0.3) is 0 Å². The van der Waals surface area contributed by atoms with Crippen molar-refractivity contribution in [2.45, 2.75) is 39.3 Å². The summed E-state index contributed by atoms with van der Waals surface area (Å²) in [5, 5.41) is 0. The molecule has 112 valence electrons. The molecule has 1 aromatic heterocycles. The van der Waals surface area contributed by atoms with Crippen molar-refractivity contribution >= 4 is 11.5 Å². The van der Waals surface area contributed by atoms with E-state index >= 15 is 0 Å². The number of anilines is 2. The number of hydrogen-bond acceptors (Lipinski definition) is 6. The normalized spacial score (nSPS) is 20.4. The summed E-state index contributed by atoms with van der Waals surface area (Å²) in [6.45, 7) is 9.02. The molecule has 1 unspecified atom stereocenters. The highest BCUT2D eigenvalue weighted by Crippen LogP contribution is 2.30. The topological polar surface area (TPSA) is 67.5 Å². The Labute approximate surface area is 120 Å². The summed E-state index contributed by atoms with van der Waals surface area (Å²) in [7, 11) is 2.17. The van der Waals surface area contributed by atoms with Crippen molar-refractivity contribution < 1.29 is 4.74 Å². The third-order valence-corrected chi connectivity index (χ3v) is 3.72. The molecule has 0 saturated carbocycles. The zero-order valence-corrected chi connectivity index (χ0v) is 12.8. The first-order valence-corrected chi connectivity index (χ1v) is 7.25. The number of hydrogen-bond donors (Lipinski definition) is 1. The van der Waals surface area contributed by atoms with Gasteiger partial charge in [0.05, 0.1) is 6.10 Å². The lowest BCUT2D eigenvalue weighted by Gasteiger charge is -2.40. The molecule has 2 heterocycles. The standard InChI is InChI=1S/C14H25N5O/c1-5-11-8-19(7-6-18(11)4)13-12(15)14(17-9-16-13)20-10(2)3/h9-11H,5-8,15H2,1-4H3. The average molecular weight is 279 g/mol. The number of rotatable bonds is 4. The highest BCUT2D eigenvalue weighted by molar-refractivity contribution is 5.68. The Kier molecular flexibility index (Phi) is 4.65. The second-order valence-corrected chi connectivity index (χ2v) is 5.57. The molecule has 20 heavy (non-hydrogen) atoms. The fourth-order valence-electron chi connectivity index (χ4n) is 2.52. The van der Waals surface area contributed by atoms with Crippen LogP contribution in [0.25, 0.3) is 0 Å². The van der Waals surface area contributed by atoms with E-state index in [0.717, 1.165) is 31.9 Å². The molecular weight excluding hydrogens is 254 g/mol. The highest BCUT2D eigenvalue weighted by Gasteiger charge is 2.26. The Morgan fingerprint density at radius 3 is 2.80 bits per heavy atom. The van der Waals surface area contributed by atoms with E-state index in [1.807, 2.05) is 13.8 Å². The first-order chi connectivity index (χ1) is 9.52. The number of nitrogens with zero attached hydrogens (tertiary/aromatic N) is 4. The molecule has 1 aliphatic heterocycles. The molecule has 0 bridgehead atoms. The van der Waals surface area contributed by atoms with Crippen LogP contribution >= 0.6 is 0 Å². The number of likely N-dealkylation sites (N-methyl/N-ethyl adjacent to an activating group) is 1. The quantitative estimate of drug-likeness (QED) is 0.898. The summed E-state index contributed by atoms with van der Waals surface area (Å²) < 4.78 is 5.64. The van der Waals surface area contributed by atoms with Crippen LogP contribution in [-0.4, -0.2) is 53.7 Å². The molecule has 1 aliphatic rings. The average Bonchev–Trinajstić information content (AvgIpc) is 2.41. The van der Waals surface area contributed by atoms with Crippen LogP contribution in [0.1, 0.15) is 27.2 Å². The summed E-state index contributed by atoms with van der Waals surface area (Å²) in [5.41, 5.74) is 6.72. The molecule has 1 aromatic rings. The van der Waals surface area contributed by atoms with Gasteiger partial charge in [-0.3, -0.25) is 4.90 Å². The monoisotopic (exact) mass is 279 g/mol. The van der Waals surface area contributed by atoms with Crippen LogP contribution in [0.4, 0.5) is 11.5 Å². The largest absolute Gasteiger partial charge is 0.473 e. The molecule has 1 atom stereocenters. The van der Waals surface area contributed by atoms with Crippen LogP contribution in [0.2, 0.25) is 0 Å². The van der Waals surface area contributed by atoms with E-state index in [-0.39, 0.29) is 6.10 Å². The number of ether oxygens (including phenoxy) is 1. The smallest absolute Gasteiger partial charge is 0.242 e. The number of nitrogen functional groups attached to an aromatic ring is 1. The molecular formula is C14H25N5O. The van der Waals surface area contributed by atoms with Crippen molar-refractivity contribution in [1.29, 1.82) is 0 Å². The molecule has 1 fully saturated rings. The summed E-state index contributed by atoms with van der Waals surface area (Å²) in [6.07, 6.45) is 2.70. The predicted molar refractivity (Wildman–Crippen MR) is 81.1 cm³/mol. The molecule has 0 amide bonds. The van der Waals surface area contributed by atoms with Crippen molar-refractivity contribution in [3.63, 3.8) is 0 Å². The first kappa shape index (κ1) is 14.8. The minimum atomic E-state index is 0.0518. The van der Waals surface area contributed by atoms with Gasteiger partial charge in [-0.25, -0.2) is 4.98 Å². The van der Waals surface area contributed by atoms with E-state index in [4.69, 9.17) is 10.5 Å². The Morgan fingerprint density at radius 2 is 2.15 bits per heavy atom. The minimum Gasteiger partial charge on any atom is -0.473 e. The fraction of sp³-hybridized carbons (Fsp3) is 0.714. The van der Waals surface area contributed by atoms with E-state index in [1.54, 1.807) is 0 Å². The summed E-state index contributed by atoms with van der Waals surface area (Å²) in [4.78, 5) is 13.1. The van der Waals surface area contributed by atoms with Crippen molar-refractivity contribution in [2.75, 3.05) is 37.3 Å². The van der Waals surface area contributed by atoms with E-state index < -0.39 is 0 Å². The molecule has 0 radical (unpaired) electrons. The van der Waals surface area contributed by atoms with Gasteiger partial charge in [-0.2, -0.15) is 4.98 Å². The summed E-state index contributed by atoms with van der Waals surface area (Å²) in [6, 6.07) is 0.535. The maximum atomic E-state index is 6.18. The van der Waals surface area contributed by atoms with Gasteiger partial charge in [-0.05, 0) is 27.3 Å². The van der Waals surface area contributed by atoms with Gasteiger partial charge in [0.15, 0.2) is 5.82 Å². The van der Waals surface area contributed by atoms with Gasteiger partial charge in [0, 0.05) is 25.7 Å². The maximum Gasteiger partial charge on any atom is 0.242 e. The number of nitrogens with two attached hydrogens (primary N) is 1. The summed E-state index contributed by atoms with van der Waals surface area (Å²) in [5.74, 6) is 1.28. The fourth-order valence-corrected chi connectivity index (χ4v) is 2.52. The van der Waals surface area contributed by atoms with Gasteiger partial charge < -0.3 is 15.4 Å². The van der Waals surface area contributed by atoms with Crippen LogP contribution in [0, 0.1) is 0 Å². The molecule has 0 aliphatic carbocycles. The first-order valence-electron chi connectivity index (χ1n) is 7.25. The molecule has 2 rings (SSSR count). The highest BCUT2D eigenvalue weighted by atomic mass is 16.5. The maximum absolute atomic E-state index is 6.18. The van der Waals surface area contributed by atoms with Crippen LogP contribution in [-0.2, 0) is 0 Å². The summed E-state index contributed by atoms with van der Waals surface area (Å²) >= 11 is 0. The van der Waals surface area contributed by atoms with Crippen molar-refractivity contribution in [1.82, 2.24) is 14.9 Å². The van der Waals surface area contributed by atoms with Crippen LogP contribution in [0.3, 0.4) is 0 Å². The Morgan fingerprint density at radius 1 is 1.40 bits per heavy atom. The van der Waals surface area contributed by atoms with Gasteiger partial charge >= 0.3 is 0 Å². The van der Waals surface area contributed by atoms with E-state index in [0.29, 0.717) is 17.6 Å². The second kappa shape index (κ2) is 6.26. The molecule has 6 heteroatoms. The van der Waals surface area contributed by atoms with Crippen LogP contribution in [0.15, 0.2) is 6.33 Å². The minimum absolute atomic E-state index is 0.0518. The van der Waals surface area contributed by atoms with Gasteiger partial charge in [-0.15, -0.1) is 0 Å². The van der Waals surface area contributed by atoms with Crippen molar-refractivity contribution in [2.24, 2.45) is 0 Å². The lowest BCUT2D eigenvalue weighted by Crippen LogP contribution is -2.51. The molecule has 2 N–H and O–H groups in total. The molecule has 1 saturated heterocycles. The van der Waals surface area contributed by atoms with Gasteiger partial charge in [0.2, 0.25) is 5.88 Å². The molecule has 0 aromatic carbocycles.